The molecule has 34 heavy (non-hydrogen) atoms. The van der Waals surface area contributed by atoms with Gasteiger partial charge in [0.1, 0.15) is 16.9 Å². The molecule has 4 aromatic carbocycles. The molecule has 4 rings (SSSR count). The third-order valence-corrected chi connectivity index (χ3v) is 6.19. The van der Waals surface area contributed by atoms with E-state index in [-0.39, 0.29) is 17.6 Å². The number of rotatable bonds is 7. The van der Waals surface area contributed by atoms with Crippen LogP contribution in [0.25, 0.3) is 0 Å². The van der Waals surface area contributed by atoms with E-state index in [9.17, 15) is 18.4 Å². The summed E-state index contributed by atoms with van der Waals surface area (Å²) in [5.74, 6) is -1.37. The zero-order chi connectivity index (χ0) is 23.9. The van der Waals surface area contributed by atoms with Crippen LogP contribution in [0.3, 0.4) is 0 Å². The SMILES string of the molecule is O=C(Nc1ccc(SC(C(=O)Nc2ccc(F)cc2)c2ccccc2)cc1)c1ccc(F)cc1. The van der Waals surface area contributed by atoms with Crippen LogP contribution in [0, 0.1) is 11.6 Å². The number of carbonyl (C=O) groups is 2. The summed E-state index contributed by atoms with van der Waals surface area (Å²) in [4.78, 5) is 26.3. The molecule has 0 saturated heterocycles. The summed E-state index contributed by atoms with van der Waals surface area (Å²) in [5.41, 5.74) is 2.25. The Morgan fingerprint density at radius 1 is 0.647 bits per heavy atom. The average Bonchev–Trinajstić information content (AvgIpc) is 2.86. The van der Waals surface area contributed by atoms with Gasteiger partial charge < -0.3 is 10.6 Å². The predicted octanol–water partition coefficient (Wildman–Crippen LogP) is 6.69. The number of carbonyl (C=O) groups excluding carboxylic acids is 2. The van der Waals surface area contributed by atoms with Gasteiger partial charge in [0.05, 0.1) is 0 Å². The molecule has 2 N–H and O–H groups in total. The van der Waals surface area contributed by atoms with Crippen LogP contribution >= 0.6 is 11.8 Å². The summed E-state index contributed by atoms with van der Waals surface area (Å²) < 4.78 is 26.3. The van der Waals surface area contributed by atoms with Crippen LogP contribution in [0.4, 0.5) is 20.2 Å². The van der Waals surface area contributed by atoms with E-state index in [1.54, 1.807) is 12.1 Å². The van der Waals surface area contributed by atoms with Crippen LogP contribution < -0.4 is 10.6 Å². The molecular weight excluding hydrogens is 454 g/mol. The number of hydrogen-bond acceptors (Lipinski definition) is 3. The van der Waals surface area contributed by atoms with Gasteiger partial charge in [-0.15, -0.1) is 11.8 Å². The first-order chi connectivity index (χ1) is 16.5. The highest BCUT2D eigenvalue weighted by Gasteiger charge is 2.22. The fraction of sp³-hybridized carbons (Fsp3) is 0.0370. The fourth-order valence-corrected chi connectivity index (χ4v) is 4.22. The normalized spacial score (nSPS) is 11.5. The quantitative estimate of drug-likeness (QED) is 0.294. The van der Waals surface area contributed by atoms with E-state index < -0.39 is 11.1 Å². The van der Waals surface area contributed by atoms with Crippen molar-refractivity contribution in [3.05, 3.63) is 126 Å². The molecule has 2 amide bonds. The predicted molar refractivity (Wildman–Crippen MR) is 131 cm³/mol. The van der Waals surface area contributed by atoms with E-state index >= 15 is 0 Å². The Bertz CT molecular complexity index is 1260. The van der Waals surface area contributed by atoms with Crippen LogP contribution in [0.1, 0.15) is 21.2 Å². The molecule has 0 aliphatic rings. The first kappa shape index (κ1) is 23.2. The monoisotopic (exact) mass is 474 g/mol. The standard InChI is InChI=1S/C27H20F2N2O2S/c28-20-8-6-19(7-9-20)26(32)30-23-14-16-24(17-15-23)34-25(18-4-2-1-3-5-18)27(33)31-22-12-10-21(29)11-13-22/h1-17,25H,(H,30,32)(H,31,33). The molecule has 1 unspecified atom stereocenters. The summed E-state index contributed by atoms with van der Waals surface area (Å²) in [6.07, 6.45) is 0. The molecule has 4 aromatic rings. The lowest BCUT2D eigenvalue weighted by atomic mass is 10.1. The lowest BCUT2D eigenvalue weighted by Crippen LogP contribution is -2.19. The Labute approximate surface area is 200 Å². The molecule has 0 fully saturated rings. The van der Waals surface area contributed by atoms with Crippen molar-refractivity contribution in [3.63, 3.8) is 0 Å². The summed E-state index contributed by atoms with van der Waals surface area (Å²) in [6, 6.07) is 27.4. The molecule has 0 spiro atoms. The molecule has 0 aromatic heterocycles. The zero-order valence-electron chi connectivity index (χ0n) is 17.9. The van der Waals surface area contributed by atoms with Crippen molar-refractivity contribution in [2.24, 2.45) is 0 Å². The maximum absolute atomic E-state index is 13.2. The molecule has 0 saturated carbocycles. The van der Waals surface area contributed by atoms with Crippen molar-refractivity contribution in [3.8, 4) is 0 Å². The highest BCUT2D eigenvalue weighted by Crippen LogP contribution is 2.36. The smallest absolute Gasteiger partial charge is 0.255 e. The van der Waals surface area contributed by atoms with Crippen LogP contribution in [-0.2, 0) is 4.79 Å². The highest BCUT2D eigenvalue weighted by atomic mass is 32.2. The number of halogens is 2. The maximum Gasteiger partial charge on any atom is 0.255 e. The zero-order valence-corrected chi connectivity index (χ0v) is 18.7. The lowest BCUT2D eigenvalue weighted by molar-refractivity contribution is -0.115. The fourth-order valence-electron chi connectivity index (χ4n) is 3.20. The average molecular weight is 475 g/mol. The molecule has 0 aliphatic carbocycles. The molecular formula is C27H20F2N2O2S. The number of hydrogen-bond donors (Lipinski definition) is 2. The number of amides is 2. The topological polar surface area (TPSA) is 58.2 Å². The van der Waals surface area contributed by atoms with Crippen LogP contribution in [0.5, 0.6) is 0 Å². The maximum atomic E-state index is 13.2. The van der Waals surface area contributed by atoms with Crippen molar-refractivity contribution in [1.29, 1.82) is 0 Å². The number of benzene rings is 4. The van der Waals surface area contributed by atoms with Gasteiger partial charge in [-0.05, 0) is 78.4 Å². The van der Waals surface area contributed by atoms with Gasteiger partial charge in [-0.1, -0.05) is 30.3 Å². The minimum Gasteiger partial charge on any atom is -0.325 e. The van der Waals surface area contributed by atoms with E-state index in [0.29, 0.717) is 16.9 Å². The summed E-state index contributed by atoms with van der Waals surface area (Å²) in [6.45, 7) is 0. The van der Waals surface area contributed by atoms with Crippen LogP contribution in [0.15, 0.2) is 108 Å². The van der Waals surface area contributed by atoms with Gasteiger partial charge >= 0.3 is 0 Å². The van der Waals surface area contributed by atoms with Crippen molar-refractivity contribution < 1.29 is 18.4 Å². The van der Waals surface area contributed by atoms with E-state index in [4.69, 9.17) is 0 Å². The third kappa shape index (κ3) is 6.08. The molecule has 0 radical (unpaired) electrons. The highest BCUT2D eigenvalue weighted by molar-refractivity contribution is 8.00. The number of nitrogens with one attached hydrogen (secondary N) is 2. The molecule has 0 aliphatic heterocycles. The Kier molecular flexibility index (Phi) is 7.34. The molecule has 170 valence electrons. The third-order valence-electron chi connectivity index (χ3n) is 4.92. The number of anilines is 2. The van der Waals surface area contributed by atoms with Crippen LogP contribution in [-0.4, -0.2) is 11.8 Å². The second-order valence-electron chi connectivity index (χ2n) is 7.39. The molecule has 0 bridgehead atoms. The minimum absolute atomic E-state index is 0.239. The second kappa shape index (κ2) is 10.8. The Morgan fingerprint density at radius 3 is 1.79 bits per heavy atom. The Hall–Kier alpha value is -3.97. The Morgan fingerprint density at radius 2 is 1.18 bits per heavy atom. The molecule has 4 nitrogen and oxygen atoms in total. The van der Waals surface area contributed by atoms with Gasteiger partial charge in [-0.25, -0.2) is 8.78 Å². The molecule has 7 heteroatoms. The molecule has 1 atom stereocenters. The second-order valence-corrected chi connectivity index (χ2v) is 8.57. The summed E-state index contributed by atoms with van der Waals surface area (Å²) in [7, 11) is 0. The van der Waals surface area contributed by atoms with E-state index in [2.05, 4.69) is 10.6 Å². The van der Waals surface area contributed by atoms with Crippen molar-refractivity contribution in [1.82, 2.24) is 0 Å². The van der Waals surface area contributed by atoms with E-state index in [1.807, 2.05) is 42.5 Å². The van der Waals surface area contributed by atoms with Crippen molar-refractivity contribution in [2.45, 2.75) is 10.1 Å². The first-order valence-electron chi connectivity index (χ1n) is 10.4. The van der Waals surface area contributed by atoms with Crippen molar-refractivity contribution in [2.75, 3.05) is 10.6 Å². The van der Waals surface area contributed by atoms with Gasteiger partial charge in [0.2, 0.25) is 5.91 Å². The van der Waals surface area contributed by atoms with Gasteiger partial charge in [0.15, 0.2) is 0 Å². The van der Waals surface area contributed by atoms with Gasteiger partial charge in [0, 0.05) is 21.8 Å². The lowest BCUT2D eigenvalue weighted by Gasteiger charge is -2.17. The number of thioether (sulfide) groups is 1. The van der Waals surface area contributed by atoms with E-state index in [1.165, 1.54) is 60.3 Å². The van der Waals surface area contributed by atoms with Crippen LogP contribution in [0.2, 0.25) is 0 Å². The van der Waals surface area contributed by atoms with Gasteiger partial charge in [-0.2, -0.15) is 0 Å². The van der Waals surface area contributed by atoms with Gasteiger partial charge in [0.25, 0.3) is 5.91 Å². The van der Waals surface area contributed by atoms with Crippen molar-refractivity contribution >= 4 is 35.0 Å². The summed E-state index contributed by atoms with van der Waals surface area (Å²) in [5, 5.41) is 5.06. The minimum atomic E-state index is -0.550. The first-order valence-corrected chi connectivity index (χ1v) is 11.3. The Balaban J connectivity index is 1.47. The van der Waals surface area contributed by atoms with Gasteiger partial charge in [-0.3, -0.25) is 9.59 Å². The molecule has 0 heterocycles. The largest absolute Gasteiger partial charge is 0.325 e. The van der Waals surface area contributed by atoms with E-state index in [0.717, 1.165) is 10.5 Å². The summed E-state index contributed by atoms with van der Waals surface area (Å²) >= 11 is 1.36.